The van der Waals surface area contributed by atoms with Crippen LogP contribution < -0.4 is 5.32 Å². The Morgan fingerprint density at radius 2 is 2.13 bits per heavy atom. The van der Waals surface area contributed by atoms with Crippen molar-refractivity contribution in [2.24, 2.45) is 18.0 Å². The molecule has 0 saturated carbocycles. The van der Waals surface area contributed by atoms with Crippen molar-refractivity contribution in [1.82, 2.24) is 24.9 Å². The van der Waals surface area contributed by atoms with E-state index in [1.54, 1.807) is 4.90 Å². The maximum atomic E-state index is 12.4. The van der Waals surface area contributed by atoms with Crippen molar-refractivity contribution in [1.29, 1.82) is 0 Å². The number of ether oxygens (including phenoxy) is 1. The monoisotopic (exact) mass is 534 g/mol. The van der Waals surface area contributed by atoms with Gasteiger partial charge in [0, 0.05) is 53.0 Å². The summed E-state index contributed by atoms with van der Waals surface area (Å²) in [5, 5.41) is 7.68. The number of hydrogen-bond donors (Lipinski definition) is 1. The Morgan fingerprint density at radius 1 is 1.40 bits per heavy atom. The lowest BCUT2D eigenvalue weighted by Crippen LogP contribution is -2.45. The van der Waals surface area contributed by atoms with Crippen molar-refractivity contribution in [2.75, 3.05) is 39.8 Å². The SMILES string of the molecule is CCCN(CCNC(=NC)N1CCC(Cc2cnn(C)c2)C1)C(=O)OC(C)(C)C.I. The number of halogens is 1. The highest BCUT2D eigenvalue weighted by atomic mass is 127. The highest BCUT2D eigenvalue weighted by Crippen LogP contribution is 2.20. The van der Waals surface area contributed by atoms with E-state index >= 15 is 0 Å². The zero-order chi connectivity index (χ0) is 21.4. The van der Waals surface area contributed by atoms with Gasteiger partial charge in [-0.25, -0.2) is 4.79 Å². The zero-order valence-corrected chi connectivity index (χ0v) is 21.7. The van der Waals surface area contributed by atoms with E-state index in [9.17, 15) is 4.79 Å². The number of aryl methyl sites for hydroxylation is 1. The van der Waals surface area contributed by atoms with E-state index in [0.717, 1.165) is 38.3 Å². The van der Waals surface area contributed by atoms with E-state index in [1.165, 1.54) is 5.56 Å². The molecule has 0 aliphatic carbocycles. The van der Waals surface area contributed by atoms with Gasteiger partial charge >= 0.3 is 6.09 Å². The molecule has 0 radical (unpaired) electrons. The predicted octanol–water partition coefficient (Wildman–Crippen LogP) is 3.13. The van der Waals surface area contributed by atoms with Gasteiger partial charge in [0.2, 0.25) is 0 Å². The second kappa shape index (κ2) is 12.4. The Bertz CT molecular complexity index is 685. The first-order valence-electron chi connectivity index (χ1n) is 10.6. The third-order valence-electron chi connectivity index (χ3n) is 4.89. The molecule has 1 atom stereocenters. The van der Waals surface area contributed by atoms with Crippen LogP contribution >= 0.6 is 24.0 Å². The summed E-state index contributed by atoms with van der Waals surface area (Å²) in [7, 11) is 3.77. The predicted molar refractivity (Wildman–Crippen MR) is 131 cm³/mol. The number of hydrogen-bond acceptors (Lipinski definition) is 4. The first-order valence-corrected chi connectivity index (χ1v) is 10.6. The molecule has 172 valence electrons. The van der Waals surface area contributed by atoms with Crippen molar-refractivity contribution in [3.8, 4) is 0 Å². The van der Waals surface area contributed by atoms with Crippen LogP contribution in [0.4, 0.5) is 4.79 Å². The molecule has 0 aromatic carbocycles. The number of nitrogens with zero attached hydrogens (tertiary/aromatic N) is 5. The van der Waals surface area contributed by atoms with Crippen LogP contribution in [-0.2, 0) is 18.2 Å². The lowest BCUT2D eigenvalue weighted by molar-refractivity contribution is 0.0253. The summed E-state index contributed by atoms with van der Waals surface area (Å²) in [6.07, 6.45) is 6.88. The molecule has 2 heterocycles. The Hall–Kier alpha value is -1.52. The number of nitrogens with one attached hydrogen (secondary N) is 1. The first-order chi connectivity index (χ1) is 13.7. The summed E-state index contributed by atoms with van der Waals surface area (Å²) in [5.41, 5.74) is 0.806. The number of likely N-dealkylation sites (tertiary alicyclic amines) is 1. The molecule has 1 aromatic rings. The smallest absolute Gasteiger partial charge is 0.410 e. The summed E-state index contributed by atoms with van der Waals surface area (Å²) in [6.45, 7) is 11.7. The van der Waals surface area contributed by atoms with E-state index in [-0.39, 0.29) is 30.1 Å². The molecule has 1 aliphatic heterocycles. The fourth-order valence-electron chi connectivity index (χ4n) is 3.63. The summed E-state index contributed by atoms with van der Waals surface area (Å²) in [5.74, 6) is 1.51. The third-order valence-corrected chi connectivity index (χ3v) is 4.89. The molecule has 0 bridgehead atoms. The normalized spacial score (nSPS) is 16.9. The molecule has 1 aromatic heterocycles. The number of guanidine groups is 1. The number of rotatable bonds is 7. The van der Waals surface area contributed by atoms with E-state index in [2.05, 4.69) is 33.4 Å². The number of carbonyl (C=O) groups is 1. The molecule has 1 aliphatic rings. The second-order valence-corrected chi connectivity index (χ2v) is 8.77. The van der Waals surface area contributed by atoms with Gasteiger partial charge in [-0.1, -0.05) is 6.92 Å². The van der Waals surface area contributed by atoms with Gasteiger partial charge in [-0.15, -0.1) is 24.0 Å². The largest absolute Gasteiger partial charge is 0.444 e. The van der Waals surface area contributed by atoms with Crippen LogP contribution in [0.1, 0.15) is 46.1 Å². The fourth-order valence-corrected chi connectivity index (χ4v) is 3.63. The summed E-state index contributed by atoms with van der Waals surface area (Å²) < 4.78 is 7.38. The Balaban J connectivity index is 0.00000450. The van der Waals surface area contributed by atoms with Crippen molar-refractivity contribution >= 4 is 36.0 Å². The molecule has 1 amide bonds. The lowest BCUT2D eigenvalue weighted by Gasteiger charge is -2.28. The summed E-state index contributed by atoms with van der Waals surface area (Å²) in [6, 6.07) is 0. The molecule has 1 N–H and O–H groups in total. The van der Waals surface area contributed by atoms with Crippen LogP contribution in [0.15, 0.2) is 17.4 Å². The number of aromatic nitrogens is 2. The molecule has 2 rings (SSSR count). The first kappa shape index (κ1) is 26.5. The van der Waals surface area contributed by atoms with Crippen LogP contribution in [0.25, 0.3) is 0 Å². The molecule has 8 nitrogen and oxygen atoms in total. The topological polar surface area (TPSA) is 75.0 Å². The Labute approximate surface area is 198 Å². The highest BCUT2D eigenvalue weighted by Gasteiger charge is 2.26. The lowest BCUT2D eigenvalue weighted by atomic mass is 10.0. The molecule has 1 unspecified atom stereocenters. The van der Waals surface area contributed by atoms with Gasteiger partial charge in [0.1, 0.15) is 5.60 Å². The third kappa shape index (κ3) is 8.69. The van der Waals surface area contributed by atoms with Crippen molar-refractivity contribution < 1.29 is 9.53 Å². The molecular weight excluding hydrogens is 495 g/mol. The van der Waals surface area contributed by atoms with Gasteiger partial charge in [0.25, 0.3) is 0 Å². The maximum absolute atomic E-state index is 12.4. The summed E-state index contributed by atoms with van der Waals surface area (Å²) in [4.78, 5) is 20.9. The minimum atomic E-state index is -0.481. The van der Waals surface area contributed by atoms with E-state index in [0.29, 0.717) is 25.6 Å². The fraction of sp³-hybridized carbons (Fsp3) is 0.762. The average molecular weight is 534 g/mol. The standard InChI is InChI=1S/C21H38N6O2.HI/c1-7-10-26(20(28)29-21(2,3)4)12-9-23-19(22-5)27-11-8-17(16-27)13-18-14-24-25(6)15-18;/h14-15,17H,7-13,16H2,1-6H3,(H,22,23);1H. The van der Waals surface area contributed by atoms with Crippen LogP contribution in [0.3, 0.4) is 0 Å². The molecule has 1 fully saturated rings. The number of amides is 1. The van der Waals surface area contributed by atoms with Gasteiger partial charge in [-0.05, 0) is 51.5 Å². The second-order valence-electron chi connectivity index (χ2n) is 8.77. The van der Waals surface area contributed by atoms with Crippen molar-refractivity contribution in [3.63, 3.8) is 0 Å². The van der Waals surface area contributed by atoms with Crippen molar-refractivity contribution in [3.05, 3.63) is 18.0 Å². The Morgan fingerprint density at radius 3 is 2.70 bits per heavy atom. The minimum absolute atomic E-state index is 0. The van der Waals surface area contributed by atoms with Crippen LogP contribution in [0, 0.1) is 5.92 Å². The summed E-state index contributed by atoms with van der Waals surface area (Å²) >= 11 is 0. The van der Waals surface area contributed by atoms with Gasteiger partial charge in [0.15, 0.2) is 5.96 Å². The van der Waals surface area contributed by atoms with E-state index in [1.807, 2.05) is 45.7 Å². The molecular formula is C21H39IN6O2. The zero-order valence-electron chi connectivity index (χ0n) is 19.3. The van der Waals surface area contributed by atoms with Gasteiger partial charge in [0.05, 0.1) is 6.20 Å². The average Bonchev–Trinajstić information content (AvgIpc) is 3.25. The quantitative estimate of drug-likeness (QED) is 0.331. The van der Waals surface area contributed by atoms with Crippen LogP contribution in [0.2, 0.25) is 0 Å². The Kier molecular flexibility index (Phi) is 10.9. The minimum Gasteiger partial charge on any atom is -0.444 e. The molecule has 9 heteroatoms. The van der Waals surface area contributed by atoms with Gasteiger partial charge in [-0.2, -0.15) is 5.10 Å². The molecule has 0 spiro atoms. The molecule has 30 heavy (non-hydrogen) atoms. The van der Waals surface area contributed by atoms with E-state index in [4.69, 9.17) is 4.74 Å². The number of aliphatic imine (C=N–C) groups is 1. The van der Waals surface area contributed by atoms with Gasteiger partial charge < -0.3 is 19.9 Å². The van der Waals surface area contributed by atoms with Crippen LogP contribution in [0.5, 0.6) is 0 Å². The number of carbonyl (C=O) groups excluding carboxylic acids is 1. The van der Waals surface area contributed by atoms with E-state index < -0.39 is 5.60 Å². The van der Waals surface area contributed by atoms with Gasteiger partial charge in [-0.3, -0.25) is 9.67 Å². The van der Waals surface area contributed by atoms with Crippen LogP contribution in [-0.4, -0.2) is 77.0 Å². The highest BCUT2D eigenvalue weighted by molar-refractivity contribution is 14.0. The molecule has 1 saturated heterocycles. The maximum Gasteiger partial charge on any atom is 0.410 e. The van der Waals surface area contributed by atoms with Crippen molar-refractivity contribution in [2.45, 2.75) is 52.6 Å².